The molecule has 86 valence electrons. The summed E-state index contributed by atoms with van der Waals surface area (Å²) in [5.74, 6) is 1.71. The fourth-order valence-corrected chi connectivity index (χ4v) is 1.08. The first-order valence-electron chi connectivity index (χ1n) is 5.38. The summed E-state index contributed by atoms with van der Waals surface area (Å²) in [6, 6.07) is 3.86. The van der Waals surface area contributed by atoms with Crippen molar-refractivity contribution in [2.45, 2.75) is 53.1 Å². The van der Waals surface area contributed by atoms with Gasteiger partial charge in [-0.25, -0.2) is 0 Å². The molecule has 0 saturated carbocycles. The van der Waals surface area contributed by atoms with Crippen LogP contribution in [0.4, 0.5) is 0 Å². The molecule has 0 bridgehead atoms. The highest BCUT2D eigenvalue weighted by Crippen LogP contribution is 2.11. The van der Waals surface area contributed by atoms with Crippen LogP contribution in [0.15, 0.2) is 16.5 Å². The highest BCUT2D eigenvalue weighted by molar-refractivity contribution is 5.05. The second kappa shape index (κ2) is 5.93. The Morgan fingerprint density at radius 3 is 1.67 bits per heavy atom. The van der Waals surface area contributed by atoms with E-state index in [0.29, 0.717) is 13.2 Å². The standard InChI is InChI=1S/C12H20O3/c1-9(2)13-7-11-5-6-12(15-11)8-14-10(3)4/h5-6,9-10H,7-8H2,1-4H3. The summed E-state index contributed by atoms with van der Waals surface area (Å²) in [5, 5.41) is 0. The topological polar surface area (TPSA) is 31.6 Å². The van der Waals surface area contributed by atoms with Crippen LogP contribution in [0.25, 0.3) is 0 Å². The third kappa shape index (κ3) is 5.00. The summed E-state index contributed by atoms with van der Waals surface area (Å²) < 4.78 is 16.4. The van der Waals surface area contributed by atoms with Crippen molar-refractivity contribution in [1.29, 1.82) is 0 Å². The third-order valence-electron chi connectivity index (χ3n) is 1.84. The zero-order valence-electron chi connectivity index (χ0n) is 9.95. The van der Waals surface area contributed by atoms with Gasteiger partial charge in [-0.15, -0.1) is 0 Å². The molecule has 0 aliphatic heterocycles. The van der Waals surface area contributed by atoms with Gasteiger partial charge in [0, 0.05) is 0 Å². The summed E-state index contributed by atoms with van der Waals surface area (Å²) in [5.41, 5.74) is 0. The molecule has 15 heavy (non-hydrogen) atoms. The number of ether oxygens (including phenoxy) is 2. The van der Waals surface area contributed by atoms with Crippen molar-refractivity contribution < 1.29 is 13.9 Å². The second-order valence-electron chi connectivity index (χ2n) is 4.09. The number of hydrogen-bond donors (Lipinski definition) is 0. The predicted octanol–water partition coefficient (Wildman–Crippen LogP) is 3.13. The Morgan fingerprint density at radius 2 is 1.33 bits per heavy atom. The molecule has 0 amide bonds. The summed E-state index contributed by atoms with van der Waals surface area (Å²) in [6.07, 6.45) is 0.455. The van der Waals surface area contributed by atoms with Crippen LogP contribution >= 0.6 is 0 Å². The molecule has 0 saturated heterocycles. The molecule has 1 aromatic heterocycles. The predicted molar refractivity (Wildman–Crippen MR) is 58.6 cm³/mol. The van der Waals surface area contributed by atoms with E-state index in [0.717, 1.165) is 11.5 Å². The van der Waals surface area contributed by atoms with E-state index in [1.54, 1.807) is 0 Å². The first kappa shape index (κ1) is 12.3. The fraction of sp³-hybridized carbons (Fsp3) is 0.667. The van der Waals surface area contributed by atoms with E-state index in [2.05, 4.69) is 0 Å². The highest BCUT2D eigenvalue weighted by atomic mass is 16.5. The average Bonchev–Trinajstić information content (AvgIpc) is 2.59. The lowest BCUT2D eigenvalue weighted by Crippen LogP contribution is -2.02. The van der Waals surface area contributed by atoms with Gasteiger partial charge in [0.15, 0.2) is 0 Å². The Hall–Kier alpha value is -0.800. The van der Waals surface area contributed by atoms with Crippen molar-refractivity contribution >= 4 is 0 Å². The van der Waals surface area contributed by atoms with Crippen LogP contribution < -0.4 is 0 Å². The first-order chi connectivity index (χ1) is 7.08. The van der Waals surface area contributed by atoms with Crippen LogP contribution in [0.3, 0.4) is 0 Å². The molecule has 0 unspecified atom stereocenters. The van der Waals surface area contributed by atoms with Gasteiger partial charge in [0.1, 0.15) is 24.7 Å². The molecule has 1 rings (SSSR count). The van der Waals surface area contributed by atoms with Crippen molar-refractivity contribution in [3.05, 3.63) is 23.7 Å². The number of hydrogen-bond acceptors (Lipinski definition) is 3. The highest BCUT2D eigenvalue weighted by Gasteiger charge is 2.04. The Labute approximate surface area is 91.4 Å². The third-order valence-corrected chi connectivity index (χ3v) is 1.84. The molecule has 0 N–H and O–H groups in total. The molecule has 0 aromatic carbocycles. The van der Waals surface area contributed by atoms with Gasteiger partial charge in [0.25, 0.3) is 0 Å². The van der Waals surface area contributed by atoms with E-state index in [9.17, 15) is 0 Å². The molecule has 1 heterocycles. The molecule has 0 fully saturated rings. The van der Waals surface area contributed by atoms with Gasteiger partial charge in [-0.05, 0) is 39.8 Å². The van der Waals surface area contributed by atoms with E-state index in [1.807, 2.05) is 39.8 Å². The lowest BCUT2D eigenvalue weighted by atomic mass is 10.4. The van der Waals surface area contributed by atoms with Crippen molar-refractivity contribution in [3.63, 3.8) is 0 Å². The molecule has 0 aliphatic rings. The van der Waals surface area contributed by atoms with Gasteiger partial charge >= 0.3 is 0 Å². The Kier molecular flexibility index (Phi) is 4.85. The average molecular weight is 212 g/mol. The Bertz CT molecular complexity index is 250. The van der Waals surface area contributed by atoms with E-state index in [1.165, 1.54) is 0 Å². The molecule has 3 nitrogen and oxygen atoms in total. The first-order valence-corrected chi connectivity index (χ1v) is 5.38. The van der Waals surface area contributed by atoms with E-state index in [4.69, 9.17) is 13.9 Å². The molecule has 1 aromatic rings. The van der Waals surface area contributed by atoms with Gasteiger partial charge in [-0.1, -0.05) is 0 Å². The Balaban J connectivity index is 2.35. The second-order valence-corrected chi connectivity index (χ2v) is 4.09. The van der Waals surface area contributed by atoms with Gasteiger partial charge in [-0.2, -0.15) is 0 Å². The van der Waals surface area contributed by atoms with Gasteiger partial charge in [-0.3, -0.25) is 0 Å². The van der Waals surface area contributed by atoms with Crippen LogP contribution in [-0.4, -0.2) is 12.2 Å². The maximum atomic E-state index is 5.53. The summed E-state index contributed by atoms with van der Waals surface area (Å²) in [4.78, 5) is 0. The van der Waals surface area contributed by atoms with Crippen molar-refractivity contribution in [3.8, 4) is 0 Å². The zero-order chi connectivity index (χ0) is 11.3. The van der Waals surface area contributed by atoms with E-state index in [-0.39, 0.29) is 12.2 Å². The number of furan rings is 1. The van der Waals surface area contributed by atoms with E-state index >= 15 is 0 Å². The molecular formula is C12H20O3. The summed E-state index contributed by atoms with van der Waals surface area (Å²) >= 11 is 0. The summed E-state index contributed by atoms with van der Waals surface area (Å²) in [7, 11) is 0. The van der Waals surface area contributed by atoms with Crippen LogP contribution in [0.1, 0.15) is 39.2 Å². The van der Waals surface area contributed by atoms with Crippen LogP contribution in [-0.2, 0) is 22.7 Å². The van der Waals surface area contributed by atoms with Gasteiger partial charge in [0.2, 0.25) is 0 Å². The van der Waals surface area contributed by atoms with Crippen molar-refractivity contribution in [1.82, 2.24) is 0 Å². The monoisotopic (exact) mass is 212 g/mol. The molecular weight excluding hydrogens is 192 g/mol. The minimum atomic E-state index is 0.227. The normalized spacial score (nSPS) is 11.6. The SMILES string of the molecule is CC(C)OCc1ccc(COC(C)C)o1. The largest absolute Gasteiger partial charge is 0.461 e. The smallest absolute Gasteiger partial charge is 0.130 e. The van der Waals surface area contributed by atoms with Gasteiger partial charge in [0.05, 0.1) is 12.2 Å². The summed E-state index contributed by atoms with van der Waals surface area (Å²) in [6.45, 7) is 9.08. The molecule has 3 heteroatoms. The van der Waals surface area contributed by atoms with Crippen molar-refractivity contribution in [2.24, 2.45) is 0 Å². The Morgan fingerprint density at radius 1 is 0.933 bits per heavy atom. The minimum absolute atomic E-state index is 0.227. The lowest BCUT2D eigenvalue weighted by molar-refractivity contribution is 0.0415. The van der Waals surface area contributed by atoms with Crippen molar-refractivity contribution in [2.75, 3.05) is 0 Å². The maximum Gasteiger partial charge on any atom is 0.130 e. The fourth-order valence-electron chi connectivity index (χ4n) is 1.08. The van der Waals surface area contributed by atoms with Crippen LogP contribution in [0.2, 0.25) is 0 Å². The van der Waals surface area contributed by atoms with E-state index < -0.39 is 0 Å². The zero-order valence-corrected chi connectivity index (χ0v) is 9.95. The maximum absolute atomic E-state index is 5.53. The molecule has 0 aliphatic carbocycles. The number of rotatable bonds is 6. The molecule has 0 spiro atoms. The minimum Gasteiger partial charge on any atom is -0.461 e. The van der Waals surface area contributed by atoms with Crippen LogP contribution in [0.5, 0.6) is 0 Å². The lowest BCUT2D eigenvalue weighted by Gasteiger charge is -2.06. The van der Waals surface area contributed by atoms with Crippen LogP contribution in [0, 0.1) is 0 Å². The quantitative estimate of drug-likeness (QED) is 0.726. The van der Waals surface area contributed by atoms with Gasteiger partial charge < -0.3 is 13.9 Å². The molecule has 0 radical (unpaired) electrons. The molecule has 0 atom stereocenters.